The number of amides is 1. The SMILES string of the molecule is COc1cc(-c2cccc(NS(=O)(=O)c3cc(C)c(Cl)cc3C)c2)ccc1C(=O)NC(CO)C(=O)O. The summed E-state index contributed by atoms with van der Waals surface area (Å²) in [6.45, 7) is 2.63. The minimum absolute atomic E-state index is 0.0754. The summed E-state index contributed by atoms with van der Waals surface area (Å²) in [4.78, 5) is 23.7. The van der Waals surface area contributed by atoms with Gasteiger partial charge in [-0.1, -0.05) is 29.8 Å². The first-order valence-electron chi connectivity index (χ1n) is 10.7. The molecular weight excluding hydrogens is 508 g/mol. The smallest absolute Gasteiger partial charge is 0.328 e. The van der Waals surface area contributed by atoms with Crippen molar-refractivity contribution in [1.29, 1.82) is 0 Å². The van der Waals surface area contributed by atoms with Gasteiger partial charge in [0, 0.05) is 10.7 Å². The summed E-state index contributed by atoms with van der Waals surface area (Å²) in [5, 5.41) is 20.9. The number of aliphatic carboxylic acids is 1. The number of hydrogen-bond donors (Lipinski definition) is 4. The lowest BCUT2D eigenvalue weighted by molar-refractivity contribution is -0.140. The van der Waals surface area contributed by atoms with Crippen molar-refractivity contribution in [1.82, 2.24) is 5.32 Å². The van der Waals surface area contributed by atoms with Crippen LogP contribution in [0.25, 0.3) is 11.1 Å². The van der Waals surface area contributed by atoms with Crippen molar-refractivity contribution in [3.8, 4) is 16.9 Å². The number of hydrogen-bond acceptors (Lipinski definition) is 6. The monoisotopic (exact) mass is 532 g/mol. The van der Waals surface area contributed by atoms with Crippen LogP contribution in [-0.2, 0) is 14.8 Å². The van der Waals surface area contributed by atoms with Gasteiger partial charge in [0.05, 0.1) is 24.2 Å². The first-order chi connectivity index (χ1) is 17.0. The molecule has 0 aliphatic rings. The van der Waals surface area contributed by atoms with Crippen LogP contribution in [0.4, 0.5) is 5.69 Å². The second-order valence-corrected chi connectivity index (χ2v) is 10.1. The standard InChI is InChI=1S/C25H25ClN2O7S/c1-14-10-23(15(2)9-20(14)26)36(33,34)28-18-6-4-5-16(11-18)17-7-8-19(22(12-17)35-3)24(30)27-21(13-29)25(31)32/h4-12,21,28-29H,13H2,1-3H3,(H,27,30)(H,31,32). The number of aliphatic hydroxyl groups is 1. The molecule has 3 aromatic carbocycles. The molecule has 0 fully saturated rings. The Balaban J connectivity index is 1.90. The molecule has 1 atom stereocenters. The number of rotatable bonds is 9. The quantitative estimate of drug-likeness (QED) is 0.330. The van der Waals surface area contributed by atoms with Crippen molar-refractivity contribution in [3.63, 3.8) is 0 Å². The number of carbonyl (C=O) groups excluding carboxylic acids is 1. The molecular formula is C25H25ClN2O7S. The van der Waals surface area contributed by atoms with E-state index in [0.29, 0.717) is 33.0 Å². The summed E-state index contributed by atoms with van der Waals surface area (Å²) >= 11 is 6.10. The number of carbonyl (C=O) groups is 2. The van der Waals surface area contributed by atoms with E-state index in [-0.39, 0.29) is 16.2 Å². The predicted octanol–water partition coefficient (Wildman–Crippen LogP) is 3.61. The molecule has 0 aromatic heterocycles. The fraction of sp³-hybridized carbons (Fsp3) is 0.200. The summed E-state index contributed by atoms with van der Waals surface area (Å²) < 4.78 is 34.0. The van der Waals surface area contributed by atoms with E-state index < -0.39 is 34.5 Å². The number of carboxylic acid groups (broad SMARTS) is 1. The Bertz CT molecular complexity index is 1420. The lowest BCUT2D eigenvalue weighted by atomic mass is 10.0. The molecule has 0 spiro atoms. The molecule has 36 heavy (non-hydrogen) atoms. The van der Waals surface area contributed by atoms with E-state index in [4.69, 9.17) is 26.6 Å². The zero-order chi connectivity index (χ0) is 26.6. The minimum Gasteiger partial charge on any atom is -0.496 e. The van der Waals surface area contributed by atoms with E-state index in [9.17, 15) is 18.0 Å². The van der Waals surface area contributed by atoms with Crippen LogP contribution in [0, 0.1) is 13.8 Å². The van der Waals surface area contributed by atoms with Gasteiger partial charge in [0.15, 0.2) is 6.04 Å². The molecule has 4 N–H and O–H groups in total. The van der Waals surface area contributed by atoms with Gasteiger partial charge in [-0.15, -0.1) is 0 Å². The molecule has 0 radical (unpaired) electrons. The molecule has 190 valence electrons. The molecule has 0 aliphatic carbocycles. The molecule has 0 saturated carbocycles. The Kier molecular flexibility index (Phi) is 8.24. The van der Waals surface area contributed by atoms with Crippen LogP contribution in [0.15, 0.2) is 59.5 Å². The molecule has 0 saturated heterocycles. The van der Waals surface area contributed by atoms with Gasteiger partial charge < -0.3 is 20.3 Å². The van der Waals surface area contributed by atoms with Crippen molar-refractivity contribution < 1.29 is 33.0 Å². The molecule has 0 aliphatic heterocycles. The van der Waals surface area contributed by atoms with Gasteiger partial charge in [0.25, 0.3) is 15.9 Å². The number of nitrogens with one attached hydrogen (secondary N) is 2. The summed E-state index contributed by atoms with van der Waals surface area (Å²) in [7, 11) is -2.53. The summed E-state index contributed by atoms with van der Waals surface area (Å²) in [5.74, 6) is -1.93. The Morgan fingerprint density at radius 2 is 1.72 bits per heavy atom. The third-order valence-corrected chi connectivity index (χ3v) is 7.36. The van der Waals surface area contributed by atoms with Gasteiger partial charge in [0.2, 0.25) is 0 Å². The van der Waals surface area contributed by atoms with Gasteiger partial charge in [-0.2, -0.15) is 0 Å². The zero-order valence-corrected chi connectivity index (χ0v) is 21.3. The van der Waals surface area contributed by atoms with Crippen molar-refractivity contribution in [2.75, 3.05) is 18.4 Å². The van der Waals surface area contributed by atoms with Crippen LogP contribution in [-0.4, -0.2) is 50.3 Å². The van der Waals surface area contributed by atoms with E-state index in [2.05, 4.69) is 10.0 Å². The van der Waals surface area contributed by atoms with E-state index in [1.54, 1.807) is 56.3 Å². The summed E-state index contributed by atoms with van der Waals surface area (Å²) in [6.07, 6.45) is 0. The number of aryl methyl sites for hydroxylation is 2. The second kappa shape index (κ2) is 11.0. The van der Waals surface area contributed by atoms with Crippen LogP contribution in [0.1, 0.15) is 21.5 Å². The van der Waals surface area contributed by atoms with Crippen LogP contribution < -0.4 is 14.8 Å². The number of anilines is 1. The highest BCUT2D eigenvalue weighted by Gasteiger charge is 2.22. The second-order valence-electron chi connectivity index (χ2n) is 8.02. The highest BCUT2D eigenvalue weighted by atomic mass is 35.5. The fourth-order valence-electron chi connectivity index (χ4n) is 3.50. The van der Waals surface area contributed by atoms with Gasteiger partial charge in [0.1, 0.15) is 5.75 Å². The zero-order valence-electron chi connectivity index (χ0n) is 19.7. The molecule has 3 aromatic rings. The lowest BCUT2D eigenvalue weighted by Crippen LogP contribution is -2.43. The third kappa shape index (κ3) is 5.96. The Hall–Kier alpha value is -3.60. The van der Waals surface area contributed by atoms with Crippen LogP contribution in [0.5, 0.6) is 5.75 Å². The normalized spacial score (nSPS) is 12.0. The average Bonchev–Trinajstić information content (AvgIpc) is 2.83. The molecule has 0 heterocycles. The Morgan fingerprint density at radius 3 is 2.36 bits per heavy atom. The molecule has 1 amide bonds. The molecule has 9 nitrogen and oxygen atoms in total. The maximum absolute atomic E-state index is 13.0. The van der Waals surface area contributed by atoms with E-state index in [1.165, 1.54) is 19.2 Å². The lowest BCUT2D eigenvalue weighted by Gasteiger charge is -2.15. The maximum Gasteiger partial charge on any atom is 0.328 e. The highest BCUT2D eigenvalue weighted by Crippen LogP contribution is 2.30. The van der Waals surface area contributed by atoms with Gasteiger partial charge in [-0.3, -0.25) is 9.52 Å². The van der Waals surface area contributed by atoms with E-state index in [0.717, 1.165) is 0 Å². The number of halogens is 1. The third-order valence-electron chi connectivity index (χ3n) is 5.43. The molecule has 3 rings (SSSR count). The summed E-state index contributed by atoms with van der Waals surface area (Å²) in [6, 6.07) is 13.0. The molecule has 0 bridgehead atoms. The number of benzene rings is 3. The largest absolute Gasteiger partial charge is 0.496 e. The van der Waals surface area contributed by atoms with Crippen LogP contribution in [0.3, 0.4) is 0 Å². The number of ether oxygens (including phenoxy) is 1. The predicted molar refractivity (Wildman–Crippen MR) is 136 cm³/mol. The molecule has 1 unspecified atom stereocenters. The van der Waals surface area contributed by atoms with Crippen molar-refractivity contribution in [2.45, 2.75) is 24.8 Å². The highest BCUT2D eigenvalue weighted by molar-refractivity contribution is 7.92. The van der Waals surface area contributed by atoms with Gasteiger partial charge in [-0.05, 0) is 72.5 Å². The minimum atomic E-state index is -3.89. The maximum atomic E-state index is 13.0. The van der Waals surface area contributed by atoms with Gasteiger partial charge in [-0.25, -0.2) is 13.2 Å². The van der Waals surface area contributed by atoms with Crippen molar-refractivity contribution in [2.24, 2.45) is 0 Å². The first kappa shape index (κ1) is 27.0. The van der Waals surface area contributed by atoms with Gasteiger partial charge >= 0.3 is 5.97 Å². The summed E-state index contributed by atoms with van der Waals surface area (Å²) in [5.41, 5.74) is 2.82. The average molecular weight is 533 g/mol. The topological polar surface area (TPSA) is 142 Å². The number of carboxylic acids is 1. The first-order valence-corrected chi connectivity index (χ1v) is 12.6. The number of sulfonamides is 1. The Labute approximate surface area is 213 Å². The van der Waals surface area contributed by atoms with Crippen LogP contribution >= 0.6 is 11.6 Å². The number of methoxy groups -OCH3 is 1. The van der Waals surface area contributed by atoms with E-state index in [1.807, 2.05) is 0 Å². The number of aliphatic hydroxyl groups excluding tert-OH is 1. The van der Waals surface area contributed by atoms with Crippen molar-refractivity contribution >= 4 is 39.2 Å². The molecule has 11 heteroatoms. The van der Waals surface area contributed by atoms with E-state index >= 15 is 0 Å². The Morgan fingerprint density at radius 1 is 1.03 bits per heavy atom. The van der Waals surface area contributed by atoms with Crippen LogP contribution in [0.2, 0.25) is 5.02 Å². The fourth-order valence-corrected chi connectivity index (χ4v) is 5.08. The van der Waals surface area contributed by atoms with Crippen molar-refractivity contribution in [3.05, 3.63) is 76.3 Å².